The van der Waals surface area contributed by atoms with Crippen LogP contribution in [-0.2, 0) is 19.4 Å². The van der Waals surface area contributed by atoms with Gasteiger partial charge in [-0.2, -0.15) is 5.26 Å². The van der Waals surface area contributed by atoms with Crippen LogP contribution in [0.15, 0.2) is 30.3 Å². The van der Waals surface area contributed by atoms with Gasteiger partial charge in [0.05, 0.1) is 5.69 Å². The minimum absolute atomic E-state index is 0.476. The smallest absolute Gasteiger partial charge is 0.185 e. The van der Waals surface area contributed by atoms with Crippen molar-refractivity contribution in [2.24, 2.45) is 0 Å². The van der Waals surface area contributed by atoms with Crippen LogP contribution in [0.3, 0.4) is 0 Å². The number of aromatic nitrogens is 3. The molecule has 1 aromatic heterocycles. The average molecular weight is 296 g/mol. The van der Waals surface area contributed by atoms with Gasteiger partial charge in [0.25, 0.3) is 0 Å². The van der Waals surface area contributed by atoms with Gasteiger partial charge in [-0.15, -0.1) is 5.10 Å². The fourth-order valence-corrected chi connectivity index (χ4v) is 2.62. The van der Waals surface area contributed by atoms with Gasteiger partial charge < -0.3 is 0 Å². The monoisotopic (exact) mass is 296 g/mol. The third-order valence-electron chi connectivity index (χ3n) is 3.91. The Morgan fingerprint density at radius 1 is 1.05 bits per heavy atom. The van der Waals surface area contributed by atoms with Crippen LogP contribution >= 0.6 is 0 Å². The van der Waals surface area contributed by atoms with Crippen molar-refractivity contribution in [2.45, 2.75) is 58.4 Å². The highest BCUT2D eigenvalue weighted by molar-refractivity contribution is 5.26. The first-order valence-corrected chi connectivity index (χ1v) is 8.21. The van der Waals surface area contributed by atoms with E-state index in [0.717, 1.165) is 31.5 Å². The quantitative estimate of drug-likeness (QED) is 0.659. The number of hydrogen-bond donors (Lipinski definition) is 0. The van der Waals surface area contributed by atoms with E-state index >= 15 is 0 Å². The van der Waals surface area contributed by atoms with Gasteiger partial charge in [0, 0.05) is 6.54 Å². The van der Waals surface area contributed by atoms with Crippen molar-refractivity contribution in [2.75, 3.05) is 0 Å². The second-order valence-electron chi connectivity index (χ2n) is 5.62. The molecule has 0 N–H and O–H groups in total. The highest BCUT2D eigenvalue weighted by Crippen LogP contribution is 2.12. The lowest BCUT2D eigenvalue weighted by Crippen LogP contribution is -2.07. The fourth-order valence-electron chi connectivity index (χ4n) is 2.62. The number of unbranched alkanes of at least 4 members (excludes halogenated alkanes) is 4. The number of nitriles is 1. The molecular formula is C18H24N4. The number of aryl methyl sites for hydroxylation is 2. The summed E-state index contributed by atoms with van der Waals surface area (Å²) in [4.78, 5) is 0. The van der Waals surface area contributed by atoms with Gasteiger partial charge in [0.15, 0.2) is 5.69 Å². The second-order valence-corrected chi connectivity index (χ2v) is 5.62. The summed E-state index contributed by atoms with van der Waals surface area (Å²) in [6, 6.07) is 12.5. The van der Waals surface area contributed by atoms with Gasteiger partial charge in [-0.25, -0.2) is 4.68 Å². The Kier molecular flexibility index (Phi) is 6.63. The van der Waals surface area contributed by atoms with Crippen LogP contribution in [-0.4, -0.2) is 15.0 Å². The summed E-state index contributed by atoms with van der Waals surface area (Å²) in [6.45, 7) is 3.08. The molecule has 2 rings (SSSR count). The predicted octanol–water partition coefficient (Wildman–Crippen LogP) is 3.91. The Hall–Kier alpha value is -2.15. The molecule has 22 heavy (non-hydrogen) atoms. The standard InChI is InChI=1S/C18H24N4/c1-2-3-4-5-9-14-22-18(17(15-19)20-21-22)13-12-16-10-7-6-8-11-16/h6-8,10-11H,2-5,9,12-14H2,1H3. The van der Waals surface area contributed by atoms with Crippen LogP contribution in [0, 0.1) is 11.3 Å². The lowest BCUT2D eigenvalue weighted by molar-refractivity contribution is 0.506. The summed E-state index contributed by atoms with van der Waals surface area (Å²) in [5.74, 6) is 0. The molecule has 0 bridgehead atoms. The maximum Gasteiger partial charge on any atom is 0.185 e. The Labute approximate surface area is 132 Å². The molecular weight excluding hydrogens is 272 g/mol. The fraction of sp³-hybridized carbons (Fsp3) is 0.500. The van der Waals surface area contributed by atoms with Gasteiger partial charge in [-0.3, -0.25) is 0 Å². The molecule has 0 aliphatic rings. The largest absolute Gasteiger partial charge is 0.248 e. The lowest BCUT2D eigenvalue weighted by atomic mass is 10.1. The van der Waals surface area contributed by atoms with E-state index in [-0.39, 0.29) is 0 Å². The molecule has 1 heterocycles. The van der Waals surface area contributed by atoms with E-state index in [4.69, 9.17) is 0 Å². The SMILES string of the molecule is CCCCCCCn1nnc(C#N)c1CCc1ccccc1. The molecule has 0 atom stereocenters. The van der Waals surface area contributed by atoms with E-state index < -0.39 is 0 Å². The highest BCUT2D eigenvalue weighted by atomic mass is 15.4. The number of rotatable bonds is 9. The Balaban J connectivity index is 1.93. The molecule has 0 unspecified atom stereocenters. The summed E-state index contributed by atoms with van der Waals surface area (Å²) >= 11 is 0. The van der Waals surface area contributed by atoms with Crippen LogP contribution < -0.4 is 0 Å². The van der Waals surface area contributed by atoms with Crippen molar-refractivity contribution in [1.82, 2.24) is 15.0 Å². The minimum atomic E-state index is 0.476. The molecule has 0 amide bonds. The third-order valence-corrected chi connectivity index (χ3v) is 3.91. The summed E-state index contributed by atoms with van der Waals surface area (Å²) in [5, 5.41) is 17.4. The zero-order valence-corrected chi connectivity index (χ0v) is 13.3. The summed E-state index contributed by atoms with van der Waals surface area (Å²) in [6.07, 6.45) is 7.87. The Morgan fingerprint density at radius 3 is 2.55 bits per heavy atom. The highest BCUT2D eigenvalue weighted by Gasteiger charge is 2.12. The number of benzene rings is 1. The molecule has 1 aromatic carbocycles. The van der Waals surface area contributed by atoms with Gasteiger partial charge in [-0.1, -0.05) is 68.2 Å². The van der Waals surface area contributed by atoms with E-state index in [1.807, 2.05) is 22.9 Å². The van der Waals surface area contributed by atoms with Crippen LogP contribution in [0.25, 0.3) is 0 Å². The van der Waals surface area contributed by atoms with Crippen molar-refractivity contribution in [1.29, 1.82) is 5.26 Å². The molecule has 0 fully saturated rings. The second kappa shape index (κ2) is 8.99. The third kappa shape index (κ3) is 4.70. The van der Waals surface area contributed by atoms with Crippen molar-refractivity contribution in [3.8, 4) is 6.07 Å². The number of nitrogens with zero attached hydrogens (tertiary/aromatic N) is 4. The molecule has 0 aliphatic carbocycles. The summed E-state index contributed by atoms with van der Waals surface area (Å²) < 4.78 is 1.92. The topological polar surface area (TPSA) is 54.5 Å². The summed E-state index contributed by atoms with van der Waals surface area (Å²) in [7, 11) is 0. The molecule has 0 saturated carbocycles. The molecule has 2 aromatic rings. The van der Waals surface area contributed by atoms with Crippen LogP contribution in [0.5, 0.6) is 0 Å². The summed E-state index contributed by atoms with van der Waals surface area (Å²) in [5.41, 5.74) is 2.73. The Morgan fingerprint density at radius 2 is 1.82 bits per heavy atom. The molecule has 0 radical (unpaired) electrons. The van der Waals surface area contributed by atoms with E-state index in [0.29, 0.717) is 5.69 Å². The van der Waals surface area contributed by atoms with Crippen LogP contribution in [0.4, 0.5) is 0 Å². The van der Waals surface area contributed by atoms with E-state index in [2.05, 4.69) is 35.4 Å². The maximum absolute atomic E-state index is 9.20. The molecule has 0 aliphatic heterocycles. The van der Waals surface area contributed by atoms with Crippen molar-refractivity contribution >= 4 is 0 Å². The molecule has 4 heteroatoms. The van der Waals surface area contributed by atoms with Crippen molar-refractivity contribution < 1.29 is 0 Å². The average Bonchev–Trinajstić information content (AvgIpc) is 2.95. The predicted molar refractivity (Wildman–Crippen MR) is 87.3 cm³/mol. The van der Waals surface area contributed by atoms with Gasteiger partial charge in [0.1, 0.15) is 6.07 Å². The zero-order valence-electron chi connectivity index (χ0n) is 13.3. The van der Waals surface area contributed by atoms with E-state index in [9.17, 15) is 5.26 Å². The maximum atomic E-state index is 9.20. The normalized spacial score (nSPS) is 10.5. The van der Waals surface area contributed by atoms with Gasteiger partial charge >= 0.3 is 0 Å². The van der Waals surface area contributed by atoms with E-state index in [1.165, 1.54) is 31.2 Å². The lowest BCUT2D eigenvalue weighted by Gasteiger charge is -2.07. The zero-order chi connectivity index (χ0) is 15.6. The van der Waals surface area contributed by atoms with Gasteiger partial charge in [-0.05, 0) is 24.8 Å². The molecule has 4 nitrogen and oxygen atoms in total. The first-order chi connectivity index (χ1) is 10.8. The number of hydrogen-bond acceptors (Lipinski definition) is 3. The van der Waals surface area contributed by atoms with Crippen molar-refractivity contribution in [3.63, 3.8) is 0 Å². The van der Waals surface area contributed by atoms with Gasteiger partial charge in [0.2, 0.25) is 0 Å². The van der Waals surface area contributed by atoms with Crippen LogP contribution in [0.1, 0.15) is 56.0 Å². The molecule has 0 spiro atoms. The van der Waals surface area contributed by atoms with E-state index in [1.54, 1.807) is 0 Å². The molecule has 116 valence electrons. The van der Waals surface area contributed by atoms with Crippen molar-refractivity contribution in [3.05, 3.63) is 47.3 Å². The Bertz CT molecular complexity index is 595. The first kappa shape index (κ1) is 16.2. The van der Waals surface area contributed by atoms with Crippen LogP contribution in [0.2, 0.25) is 0 Å². The first-order valence-electron chi connectivity index (χ1n) is 8.21. The molecule has 0 saturated heterocycles. The minimum Gasteiger partial charge on any atom is -0.248 e.